The number of carbonyl (C=O) groups is 1. The Labute approximate surface area is 106 Å². The van der Waals surface area contributed by atoms with Crippen LogP contribution in [0.3, 0.4) is 0 Å². The number of amides is 1. The van der Waals surface area contributed by atoms with Crippen LogP contribution in [0.15, 0.2) is 0 Å². The SMILES string of the molecule is COC(=O)NS(=O)(=O)NC(C)(CBr)CBr. The van der Waals surface area contributed by atoms with Gasteiger partial charge in [0, 0.05) is 10.7 Å². The molecule has 0 radical (unpaired) electrons. The number of ether oxygens (including phenoxy) is 1. The monoisotopic (exact) mass is 366 g/mol. The van der Waals surface area contributed by atoms with Crippen LogP contribution in [0.5, 0.6) is 0 Å². The van der Waals surface area contributed by atoms with Crippen LogP contribution in [0.1, 0.15) is 6.92 Å². The number of alkyl halides is 2. The number of halogens is 2. The summed E-state index contributed by atoms with van der Waals surface area (Å²) in [5.74, 6) is 0. The summed E-state index contributed by atoms with van der Waals surface area (Å²) in [5.41, 5.74) is -0.722. The molecular formula is C6H12Br2N2O4S. The van der Waals surface area contributed by atoms with Gasteiger partial charge in [0.15, 0.2) is 0 Å². The van der Waals surface area contributed by atoms with Crippen LogP contribution in [0, 0.1) is 0 Å². The Kier molecular flexibility index (Phi) is 6.08. The van der Waals surface area contributed by atoms with E-state index in [1.165, 1.54) is 0 Å². The summed E-state index contributed by atoms with van der Waals surface area (Å²) < 4.78 is 30.9. The van der Waals surface area contributed by atoms with Crippen molar-refractivity contribution in [3.63, 3.8) is 0 Å². The molecule has 0 aliphatic rings. The standard InChI is InChI=1S/C6H12Br2N2O4S/c1-6(3-7,4-8)10-15(12,13)9-5(11)14-2/h10H,3-4H2,1-2H3,(H,9,11). The molecule has 0 spiro atoms. The van der Waals surface area contributed by atoms with Crippen LogP contribution in [-0.4, -0.2) is 37.8 Å². The van der Waals surface area contributed by atoms with E-state index in [-0.39, 0.29) is 0 Å². The molecule has 0 heterocycles. The molecule has 15 heavy (non-hydrogen) atoms. The molecule has 6 nitrogen and oxygen atoms in total. The Morgan fingerprint density at radius 3 is 2.20 bits per heavy atom. The van der Waals surface area contributed by atoms with Gasteiger partial charge in [0.25, 0.3) is 0 Å². The van der Waals surface area contributed by atoms with E-state index in [0.717, 1.165) is 7.11 Å². The maximum absolute atomic E-state index is 11.4. The normalized spacial score (nSPS) is 12.3. The zero-order valence-corrected chi connectivity index (χ0v) is 12.2. The van der Waals surface area contributed by atoms with Gasteiger partial charge in [-0.1, -0.05) is 31.9 Å². The van der Waals surface area contributed by atoms with Gasteiger partial charge in [-0.2, -0.15) is 13.1 Å². The average Bonchev–Trinajstić information content (AvgIpc) is 2.16. The lowest BCUT2D eigenvalue weighted by molar-refractivity contribution is 0.177. The summed E-state index contributed by atoms with van der Waals surface area (Å²) in [4.78, 5) is 10.7. The second-order valence-corrected chi connectivity index (χ2v) is 5.56. The molecule has 0 aliphatic heterocycles. The molecule has 0 bridgehead atoms. The molecule has 0 saturated heterocycles. The highest BCUT2D eigenvalue weighted by Crippen LogP contribution is 2.12. The van der Waals surface area contributed by atoms with Crippen LogP contribution >= 0.6 is 31.9 Å². The van der Waals surface area contributed by atoms with E-state index < -0.39 is 21.8 Å². The molecule has 1 amide bonds. The maximum atomic E-state index is 11.4. The van der Waals surface area contributed by atoms with Gasteiger partial charge >= 0.3 is 16.3 Å². The van der Waals surface area contributed by atoms with E-state index >= 15 is 0 Å². The predicted octanol–water partition coefficient (Wildman–Crippen LogP) is 0.725. The van der Waals surface area contributed by atoms with Crippen molar-refractivity contribution in [2.75, 3.05) is 17.8 Å². The summed E-state index contributed by atoms with van der Waals surface area (Å²) in [6.45, 7) is 1.67. The highest BCUT2D eigenvalue weighted by Gasteiger charge is 2.28. The minimum absolute atomic E-state index is 0.396. The third-order valence-corrected chi connectivity index (χ3v) is 5.05. The van der Waals surface area contributed by atoms with Crippen LogP contribution < -0.4 is 9.44 Å². The Morgan fingerprint density at radius 1 is 1.40 bits per heavy atom. The fraction of sp³-hybridized carbons (Fsp3) is 0.833. The second kappa shape index (κ2) is 6.02. The van der Waals surface area contributed by atoms with Crippen molar-refractivity contribution in [3.05, 3.63) is 0 Å². The molecule has 0 saturated carbocycles. The van der Waals surface area contributed by atoms with Crippen molar-refractivity contribution in [2.24, 2.45) is 0 Å². The van der Waals surface area contributed by atoms with E-state index in [1.54, 1.807) is 11.6 Å². The molecule has 9 heteroatoms. The minimum Gasteiger partial charge on any atom is -0.452 e. The van der Waals surface area contributed by atoms with Crippen LogP contribution in [0.4, 0.5) is 4.79 Å². The van der Waals surface area contributed by atoms with Gasteiger partial charge in [-0.3, -0.25) is 0 Å². The van der Waals surface area contributed by atoms with Crippen molar-refractivity contribution in [2.45, 2.75) is 12.5 Å². The lowest BCUT2D eigenvalue weighted by Gasteiger charge is -2.25. The van der Waals surface area contributed by atoms with Crippen LogP contribution in [-0.2, 0) is 14.9 Å². The molecule has 0 aromatic heterocycles. The van der Waals surface area contributed by atoms with Gasteiger partial charge in [0.2, 0.25) is 0 Å². The number of rotatable bonds is 5. The summed E-state index contributed by atoms with van der Waals surface area (Å²) in [5, 5.41) is 0.792. The molecule has 0 atom stereocenters. The second-order valence-electron chi connectivity index (χ2n) is 3.03. The van der Waals surface area contributed by atoms with E-state index in [1.807, 2.05) is 0 Å². The van der Waals surface area contributed by atoms with Crippen molar-refractivity contribution in [1.29, 1.82) is 0 Å². The Hall–Kier alpha value is 0.140. The highest BCUT2D eigenvalue weighted by atomic mass is 79.9. The van der Waals surface area contributed by atoms with E-state index in [9.17, 15) is 13.2 Å². The van der Waals surface area contributed by atoms with Crippen molar-refractivity contribution in [1.82, 2.24) is 9.44 Å². The Balaban J connectivity index is 4.57. The maximum Gasteiger partial charge on any atom is 0.421 e. The summed E-state index contributed by atoms with van der Waals surface area (Å²) >= 11 is 6.33. The Morgan fingerprint density at radius 2 is 1.87 bits per heavy atom. The van der Waals surface area contributed by atoms with Crippen LogP contribution in [0.25, 0.3) is 0 Å². The lowest BCUT2D eigenvalue weighted by atomic mass is 10.1. The lowest BCUT2D eigenvalue weighted by Crippen LogP contribution is -2.53. The zero-order valence-electron chi connectivity index (χ0n) is 8.21. The van der Waals surface area contributed by atoms with Gasteiger partial charge < -0.3 is 4.74 Å². The molecule has 0 fully saturated rings. The first-order valence-corrected chi connectivity index (χ1v) is 7.53. The van der Waals surface area contributed by atoms with Gasteiger partial charge in [0.05, 0.1) is 12.6 Å². The van der Waals surface area contributed by atoms with Crippen molar-refractivity contribution < 1.29 is 17.9 Å². The molecule has 0 aromatic carbocycles. The van der Waals surface area contributed by atoms with Gasteiger partial charge in [0.1, 0.15) is 0 Å². The van der Waals surface area contributed by atoms with Gasteiger partial charge in [-0.15, -0.1) is 0 Å². The molecule has 0 aromatic rings. The van der Waals surface area contributed by atoms with Crippen molar-refractivity contribution in [3.8, 4) is 0 Å². The molecule has 0 rings (SSSR count). The molecule has 2 N–H and O–H groups in total. The zero-order chi connectivity index (χ0) is 12.1. The third kappa shape index (κ3) is 5.69. The molecule has 0 aliphatic carbocycles. The predicted molar refractivity (Wildman–Crippen MR) is 63.6 cm³/mol. The number of hydrogen-bond donors (Lipinski definition) is 2. The van der Waals surface area contributed by atoms with Gasteiger partial charge in [-0.25, -0.2) is 9.52 Å². The third-order valence-electron chi connectivity index (χ3n) is 1.37. The molecule has 90 valence electrons. The first-order valence-electron chi connectivity index (χ1n) is 3.80. The highest BCUT2D eigenvalue weighted by molar-refractivity contribution is 9.09. The molecule has 0 unspecified atom stereocenters. The minimum atomic E-state index is -3.91. The van der Waals surface area contributed by atoms with Crippen molar-refractivity contribution >= 4 is 48.2 Å². The number of nitrogens with one attached hydrogen (secondary N) is 2. The average molecular weight is 368 g/mol. The smallest absolute Gasteiger partial charge is 0.421 e. The van der Waals surface area contributed by atoms with Crippen LogP contribution in [0.2, 0.25) is 0 Å². The van der Waals surface area contributed by atoms with E-state index in [0.29, 0.717) is 10.7 Å². The quantitative estimate of drug-likeness (QED) is 0.701. The summed E-state index contributed by atoms with van der Waals surface area (Å²) in [7, 11) is -2.83. The topological polar surface area (TPSA) is 84.5 Å². The first kappa shape index (κ1) is 15.1. The largest absolute Gasteiger partial charge is 0.452 e. The number of methoxy groups -OCH3 is 1. The van der Waals surface area contributed by atoms with Gasteiger partial charge in [-0.05, 0) is 6.92 Å². The van der Waals surface area contributed by atoms with E-state index in [2.05, 4.69) is 41.3 Å². The first-order chi connectivity index (χ1) is 6.78. The van der Waals surface area contributed by atoms with E-state index in [4.69, 9.17) is 0 Å². The fourth-order valence-electron chi connectivity index (χ4n) is 0.592. The number of carbonyl (C=O) groups excluding carboxylic acids is 1. The Bertz CT molecular complexity index is 315. The fourth-order valence-corrected chi connectivity index (χ4v) is 3.32. The number of hydrogen-bond acceptors (Lipinski definition) is 4. The summed E-state index contributed by atoms with van der Waals surface area (Å²) in [6.07, 6.45) is -1.03. The summed E-state index contributed by atoms with van der Waals surface area (Å²) in [6, 6.07) is 0. The molecular weight excluding hydrogens is 356 g/mol.